The van der Waals surface area contributed by atoms with Gasteiger partial charge >= 0.3 is 6.09 Å². The van der Waals surface area contributed by atoms with E-state index in [0.717, 1.165) is 0 Å². The summed E-state index contributed by atoms with van der Waals surface area (Å²) in [5.74, 6) is -1.71. The number of nitrogens with zero attached hydrogens (tertiary/aromatic N) is 1. The maximum Gasteiger partial charge on any atom is 0.408 e. The Morgan fingerprint density at radius 3 is 2.30 bits per heavy atom. The van der Waals surface area contributed by atoms with E-state index in [0.29, 0.717) is 5.56 Å². The maximum atomic E-state index is 14.8. The lowest BCUT2D eigenvalue weighted by Crippen LogP contribution is -2.59. The standard InChI is InChI=1S/C22H32ClFN2O4/c1-12-8-16(23)9-17(24)18(12)22(29)13(2)10-26(11-14(22)3)19(27)15(4)25-20(28)30-21(5,6)7/h8-9,13-15,29H,10-11H2,1-7H3,(H,25,28)/t13-,14+,15-,22?/m0/s1. The van der Waals surface area contributed by atoms with Crippen LogP contribution < -0.4 is 5.32 Å². The number of nitrogens with one attached hydrogen (secondary N) is 1. The first-order valence-corrected chi connectivity index (χ1v) is 10.5. The molecule has 1 saturated heterocycles. The zero-order valence-electron chi connectivity index (χ0n) is 18.7. The van der Waals surface area contributed by atoms with Crippen LogP contribution in [0, 0.1) is 24.6 Å². The molecule has 0 radical (unpaired) electrons. The molecule has 1 fully saturated rings. The number of aryl methyl sites for hydroxylation is 1. The lowest BCUT2D eigenvalue weighted by molar-refractivity contribution is -0.151. The summed E-state index contributed by atoms with van der Waals surface area (Å²) in [5.41, 5.74) is -1.32. The van der Waals surface area contributed by atoms with E-state index in [-0.39, 0.29) is 29.6 Å². The Kier molecular flexibility index (Phi) is 7.09. The van der Waals surface area contributed by atoms with Crippen LogP contribution in [0.2, 0.25) is 5.02 Å². The molecular weight excluding hydrogens is 411 g/mol. The van der Waals surface area contributed by atoms with Gasteiger partial charge in [0.1, 0.15) is 23.1 Å². The van der Waals surface area contributed by atoms with Gasteiger partial charge in [-0.2, -0.15) is 0 Å². The fraction of sp³-hybridized carbons (Fsp3) is 0.636. The summed E-state index contributed by atoms with van der Waals surface area (Å²) in [5, 5.41) is 14.4. The van der Waals surface area contributed by atoms with Crippen molar-refractivity contribution >= 4 is 23.6 Å². The first-order valence-electron chi connectivity index (χ1n) is 10.1. The molecule has 1 aromatic carbocycles. The molecule has 0 aromatic heterocycles. The van der Waals surface area contributed by atoms with E-state index < -0.39 is 41.0 Å². The van der Waals surface area contributed by atoms with Gasteiger partial charge in [0.2, 0.25) is 5.91 Å². The molecule has 30 heavy (non-hydrogen) atoms. The van der Waals surface area contributed by atoms with Crippen molar-refractivity contribution in [3.05, 3.63) is 34.1 Å². The first kappa shape index (κ1) is 24.4. The van der Waals surface area contributed by atoms with Gasteiger partial charge in [-0.3, -0.25) is 4.79 Å². The molecule has 0 saturated carbocycles. The fourth-order valence-electron chi connectivity index (χ4n) is 4.20. The van der Waals surface area contributed by atoms with Crippen LogP contribution in [0.25, 0.3) is 0 Å². The first-order chi connectivity index (χ1) is 13.7. The second-order valence-electron chi connectivity index (χ2n) is 9.32. The molecule has 1 aliphatic heterocycles. The lowest BCUT2D eigenvalue weighted by Gasteiger charge is -2.49. The summed E-state index contributed by atoms with van der Waals surface area (Å²) in [4.78, 5) is 26.5. The van der Waals surface area contributed by atoms with Crippen molar-refractivity contribution < 1.29 is 23.8 Å². The Balaban J connectivity index is 2.18. The average molecular weight is 443 g/mol. The van der Waals surface area contributed by atoms with Gasteiger partial charge in [-0.15, -0.1) is 0 Å². The third-order valence-corrected chi connectivity index (χ3v) is 5.78. The normalized spacial score (nSPS) is 25.6. The van der Waals surface area contributed by atoms with Crippen molar-refractivity contribution in [1.82, 2.24) is 10.2 Å². The third-order valence-electron chi connectivity index (χ3n) is 5.56. The lowest BCUT2D eigenvalue weighted by atomic mass is 9.69. The number of rotatable bonds is 3. The Bertz CT molecular complexity index is 789. The molecule has 0 aliphatic carbocycles. The summed E-state index contributed by atoms with van der Waals surface area (Å²) >= 11 is 5.94. The molecule has 6 nitrogen and oxygen atoms in total. The van der Waals surface area contributed by atoms with Crippen molar-refractivity contribution in [2.45, 2.75) is 65.7 Å². The molecule has 1 aromatic rings. The number of ether oxygens (including phenoxy) is 1. The summed E-state index contributed by atoms with van der Waals surface area (Å²) < 4.78 is 20.0. The number of alkyl carbamates (subject to hydrolysis) is 1. The highest BCUT2D eigenvalue weighted by Gasteiger charge is 2.49. The molecule has 8 heteroatoms. The van der Waals surface area contributed by atoms with Crippen molar-refractivity contribution in [2.75, 3.05) is 13.1 Å². The largest absolute Gasteiger partial charge is 0.444 e. The molecule has 168 valence electrons. The summed E-state index contributed by atoms with van der Waals surface area (Å²) in [7, 11) is 0. The van der Waals surface area contributed by atoms with Gasteiger partial charge in [-0.05, 0) is 52.3 Å². The van der Waals surface area contributed by atoms with Crippen LogP contribution in [0.3, 0.4) is 0 Å². The summed E-state index contributed by atoms with van der Waals surface area (Å²) in [6, 6.07) is 2.03. The highest BCUT2D eigenvalue weighted by molar-refractivity contribution is 6.30. The Hall–Kier alpha value is -1.86. The van der Waals surface area contributed by atoms with E-state index in [1.54, 1.807) is 59.4 Å². The summed E-state index contributed by atoms with van der Waals surface area (Å²) in [6.45, 7) is 12.6. The minimum Gasteiger partial charge on any atom is -0.444 e. The molecule has 0 spiro atoms. The van der Waals surface area contributed by atoms with Crippen molar-refractivity contribution in [3.63, 3.8) is 0 Å². The van der Waals surface area contributed by atoms with Crippen molar-refractivity contribution in [2.24, 2.45) is 11.8 Å². The fourth-order valence-corrected chi connectivity index (χ4v) is 4.46. The zero-order chi connectivity index (χ0) is 23.0. The van der Waals surface area contributed by atoms with E-state index in [1.807, 2.05) is 0 Å². The molecule has 1 heterocycles. The number of amides is 2. The van der Waals surface area contributed by atoms with Crippen LogP contribution in [0.1, 0.15) is 52.7 Å². The van der Waals surface area contributed by atoms with E-state index in [4.69, 9.17) is 16.3 Å². The van der Waals surface area contributed by atoms with E-state index >= 15 is 0 Å². The maximum absolute atomic E-state index is 14.8. The van der Waals surface area contributed by atoms with Crippen LogP contribution in [0.15, 0.2) is 12.1 Å². The number of benzene rings is 1. The topological polar surface area (TPSA) is 78.9 Å². The molecule has 4 atom stereocenters. The van der Waals surface area contributed by atoms with Crippen LogP contribution in [-0.2, 0) is 15.1 Å². The molecular formula is C22H32ClFN2O4. The molecule has 1 unspecified atom stereocenters. The Labute approximate surface area is 182 Å². The summed E-state index contributed by atoms with van der Waals surface area (Å²) in [6.07, 6.45) is -0.670. The number of carbonyl (C=O) groups excluding carboxylic acids is 2. The number of carbonyl (C=O) groups is 2. The molecule has 1 aliphatic rings. The highest BCUT2D eigenvalue weighted by Crippen LogP contribution is 2.44. The Morgan fingerprint density at radius 1 is 1.30 bits per heavy atom. The second kappa shape index (κ2) is 8.71. The van der Waals surface area contributed by atoms with Crippen LogP contribution in [-0.4, -0.2) is 46.7 Å². The molecule has 2 N–H and O–H groups in total. The van der Waals surface area contributed by atoms with Gasteiger partial charge in [0.15, 0.2) is 0 Å². The number of halogens is 2. The van der Waals surface area contributed by atoms with Crippen LogP contribution in [0.4, 0.5) is 9.18 Å². The van der Waals surface area contributed by atoms with Crippen molar-refractivity contribution in [3.8, 4) is 0 Å². The molecule has 2 rings (SSSR count). The van der Waals surface area contributed by atoms with E-state index in [9.17, 15) is 19.1 Å². The van der Waals surface area contributed by atoms with Gasteiger partial charge < -0.3 is 20.1 Å². The Morgan fingerprint density at radius 2 is 1.83 bits per heavy atom. The minimum atomic E-state index is -1.45. The number of piperidine rings is 1. The smallest absolute Gasteiger partial charge is 0.408 e. The predicted octanol–water partition coefficient (Wildman–Crippen LogP) is 4.00. The SMILES string of the molecule is Cc1cc(Cl)cc(F)c1C1(O)[C@H](C)CN(C(=O)[C@H](C)NC(=O)OC(C)(C)C)C[C@@H]1C. The zero-order valence-corrected chi connectivity index (χ0v) is 19.4. The van der Waals surface area contributed by atoms with Gasteiger partial charge in [0.05, 0.1) is 0 Å². The third kappa shape index (κ3) is 5.06. The van der Waals surface area contributed by atoms with E-state index in [1.165, 1.54) is 6.07 Å². The molecule has 0 bridgehead atoms. The number of likely N-dealkylation sites (tertiary alicyclic amines) is 1. The van der Waals surface area contributed by atoms with Gasteiger partial charge in [-0.25, -0.2) is 9.18 Å². The second-order valence-corrected chi connectivity index (χ2v) is 9.75. The van der Waals surface area contributed by atoms with Crippen LogP contribution >= 0.6 is 11.6 Å². The highest BCUT2D eigenvalue weighted by atomic mass is 35.5. The molecule has 2 amide bonds. The number of hydrogen-bond donors (Lipinski definition) is 2. The quantitative estimate of drug-likeness (QED) is 0.741. The van der Waals surface area contributed by atoms with Gasteiger partial charge in [0, 0.05) is 35.5 Å². The monoisotopic (exact) mass is 442 g/mol. The van der Waals surface area contributed by atoms with Crippen molar-refractivity contribution in [1.29, 1.82) is 0 Å². The van der Waals surface area contributed by atoms with E-state index in [2.05, 4.69) is 5.32 Å². The average Bonchev–Trinajstić information content (AvgIpc) is 2.56. The van der Waals surface area contributed by atoms with Gasteiger partial charge in [-0.1, -0.05) is 25.4 Å². The predicted molar refractivity (Wildman–Crippen MR) is 114 cm³/mol. The minimum absolute atomic E-state index is 0.221. The van der Waals surface area contributed by atoms with Crippen LogP contribution in [0.5, 0.6) is 0 Å². The number of aliphatic hydroxyl groups is 1. The number of hydrogen-bond acceptors (Lipinski definition) is 4. The van der Waals surface area contributed by atoms with Gasteiger partial charge in [0.25, 0.3) is 0 Å².